The lowest BCUT2D eigenvalue weighted by atomic mass is 9.98. The molecule has 1 atom stereocenters. The van der Waals surface area contributed by atoms with E-state index in [-0.39, 0.29) is 23.3 Å². The highest BCUT2D eigenvalue weighted by Crippen LogP contribution is 2.20. The van der Waals surface area contributed by atoms with Crippen LogP contribution in [0.4, 0.5) is 8.78 Å². The van der Waals surface area contributed by atoms with Gasteiger partial charge in [0.1, 0.15) is 11.6 Å². The molecule has 8 heteroatoms. The van der Waals surface area contributed by atoms with Crippen molar-refractivity contribution in [3.05, 3.63) is 32.9 Å². The first-order chi connectivity index (χ1) is 10.4. The largest absolute Gasteiger partial charge is 0.465 e. The molecule has 0 spiro atoms. The number of esters is 1. The maximum Gasteiger partial charge on any atom is 0.322 e. The molecule has 0 saturated carbocycles. The van der Waals surface area contributed by atoms with Gasteiger partial charge in [-0.25, -0.2) is 8.78 Å². The van der Waals surface area contributed by atoms with Gasteiger partial charge in [-0.1, -0.05) is 0 Å². The van der Waals surface area contributed by atoms with Crippen LogP contribution in [0.3, 0.4) is 0 Å². The summed E-state index contributed by atoms with van der Waals surface area (Å²) < 4.78 is 31.8. The smallest absolute Gasteiger partial charge is 0.322 e. The molecule has 0 aliphatic carbocycles. The third-order valence-corrected chi connectivity index (χ3v) is 3.41. The van der Waals surface area contributed by atoms with Gasteiger partial charge >= 0.3 is 5.97 Å². The molecule has 1 unspecified atom stereocenters. The lowest BCUT2D eigenvalue weighted by Crippen LogP contribution is -2.28. The molecule has 1 aromatic carbocycles. The van der Waals surface area contributed by atoms with Crippen LogP contribution < -0.4 is 0 Å². The minimum Gasteiger partial charge on any atom is -0.465 e. The van der Waals surface area contributed by atoms with Crippen LogP contribution in [-0.2, 0) is 9.53 Å². The highest BCUT2D eigenvalue weighted by atomic mass is 127. The monoisotopic (exact) mass is 425 g/mol. The molecular formula is C14H14F2INO4. The minimum atomic E-state index is -1.44. The zero-order chi connectivity index (χ0) is 16.7. The van der Waals surface area contributed by atoms with Crippen molar-refractivity contribution in [2.45, 2.75) is 6.92 Å². The number of aliphatic imine (C=N–C) groups is 1. The fourth-order valence-electron chi connectivity index (χ4n) is 1.58. The van der Waals surface area contributed by atoms with E-state index in [2.05, 4.69) is 4.99 Å². The van der Waals surface area contributed by atoms with E-state index in [1.165, 1.54) is 0 Å². The van der Waals surface area contributed by atoms with Crippen molar-refractivity contribution in [3.8, 4) is 0 Å². The normalized spacial score (nSPS) is 12.4. The Balaban J connectivity index is 3.15. The van der Waals surface area contributed by atoms with Gasteiger partial charge in [0.05, 0.1) is 25.3 Å². The molecular weight excluding hydrogens is 411 g/mol. The standard InChI is InChI=1S/C14H14F2INO4/c1-2-22-14(21)9(7-18-3-4-19)13(20)8-5-12(17)11(16)6-10(8)15/h5-7,9,19H,2-4H2,1H3. The fourth-order valence-corrected chi connectivity index (χ4v) is 2.05. The molecule has 0 aliphatic heterocycles. The second kappa shape index (κ2) is 8.89. The van der Waals surface area contributed by atoms with Gasteiger partial charge in [0.2, 0.25) is 0 Å². The highest BCUT2D eigenvalue weighted by molar-refractivity contribution is 14.1. The van der Waals surface area contributed by atoms with Crippen LogP contribution in [-0.4, -0.2) is 42.8 Å². The second-order valence-corrected chi connectivity index (χ2v) is 5.28. The Kier molecular flexibility index (Phi) is 7.52. The predicted molar refractivity (Wildman–Crippen MR) is 84.0 cm³/mol. The number of rotatable bonds is 7. The van der Waals surface area contributed by atoms with Gasteiger partial charge in [0, 0.05) is 15.9 Å². The molecule has 0 aliphatic rings. The Labute approximate surface area is 139 Å². The molecule has 0 radical (unpaired) electrons. The Morgan fingerprint density at radius 2 is 2.09 bits per heavy atom. The maximum atomic E-state index is 13.8. The summed E-state index contributed by atoms with van der Waals surface area (Å²) in [6, 6.07) is 1.61. The molecule has 5 nitrogen and oxygen atoms in total. The van der Waals surface area contributed by atoms with Crippen LogP contribution in [0.2, 0.25) is 0 Å². The third kappa shape index (κ3) is 4.80. The lowest BCUT2D eigenvalue weighted by Gasteiger charge is -2.11. The van der Waals surface area contributed by atoms with Gasteiger partial charge in [0.15, 0.2) is 11.7 Å². The minimum absolute atomic E-state index is 0.00732. The summed E-state index contributed by atoms with van der Waals surface area (Å²) in [4.78, 5) is 27.9. The van der Waals surface area contributed by atoms with Gasteiger partial charge in [-0.2, -0.15) is 0 Å². The second-order valence-electron chi connectivity index (χ2n) is 4.12. The number of benzene rings is 1. The van der Waals surface area contributed by atoms with Crippen LogP contribution >= 0.6 is 22.6 Å². The number of aliphatic hydroxyl groups is 1. The molecule has 0 saturated heterocycles. The molecule has 1 N–H and O–H groups in total. The fraction of sp³-hybridized carbons (Fsp3) is 0.357. The van der Waals surface area contributed by atoms with E-state index < -0.39 is 34.9 Å². The molecule has 0 bridgehead atoms. The van der Waals surface area contributed by atoms with E-state index in [4.69, 9.17) is 9.84 Å². The van der Waals surface area contributed by atoms with Crippen molar-refractivity contribution in [1.29, 1.82) is 0 Å². The van der Waals surface area contributed by atoms with Crippen LogP contribution in [0, 0.1) is 21.1 Å². The summed E-state index contributed by atoms with van der Waals surface area (Å²) in [5.41, 5.74) is -0.417. The van der Waals surface area contributed by atoms with Gasteiger partial charge < -0.3 is 9.84 Å². The van der Waals surface area contributed by atoms with Crippen LogP contribution in [0.25, 0.3) is 0 Å². The molecule has 0 amide bonds. The first kappa shape index (κ1) is 18.6. The van der Waals surface area contributed by atoms with E-state index in [1.54, 1.807) is 29.5 Å². The van der Waals surface area contributed by atoms with Crippen molar-refractivity contribution in [3.63, 3.8) is 0 Å². The number of ketones is 1. The lowest BCUT2D eigenvalue weighted by molar-refractivity contribution is -0.143. The number of hydrogen-bond acceptors (Lipinski definition) is 5. The number of Topliss-reactive ketones (excluding diaryl/α,β-unsaturated/α-hetero) is 1. The van der Waals surface area contributed by atoms with E-state index in [1.807, 2.05) is 0 Å². The molecule has 120 valence electrons. The Hall–Kier alpha value is -1.42. The third-order valence-electron chi connectivity index (χ3n) is 2.58. The number of ether oxygens (including phenoxy) is 1. The van der Waals surface area contributed by atoms with Gasteiger partial charge in [-0.15, -0.1) is 0 Å². The molecule has 0 aromatic heterocycles. The average Bonchev–Trinajstić information content (AvgIpc) is 2.47. The Bertz CT molecular complexity index is 592. The summed E-state index contributed by atoms with van der Waals surface area (Å²) >= 11 is 1.62. The van der Waals surface area contributed by atoms with E-state index in [9.17, 15) is 18.4 Å². The van der Waals surface area contributed by atoms with E-state index >= 15 is 0 Å². The zero-order valence-electron chi connectivity index (χ0n) is 11.7. The molecule has 1 aromatic rings. The molecule has 0 fully saturated rings. The summed E-state index contributed by atoms with van der Waals surface area (Å²) in [5.74, 6) is -5.06. The number of carbonyl (C=O) groups is 2. The number of aliphatic hydroxyl groups excluding tert-OH is 1. The number of hydrogen-bond donors (Lipinski definition) is 1. The quantitative estimate of drug-likeness (QED) is 0.181. The van der Waals surface area contributed by atoms with Crippen molar-refractivity contribution in [2.24, 2.45) is 10.9 Å². The topological polar surface area (TPSA) is 76.0 Å². The SMILES string of the molecule is CCOC(=O)C(C=NCCO)C(=O)c1cc(I)c(F)cc1F. The molecule has 22 heavy (non-hydrogen) atoms. The summed E-state index contributed by atoms with van der Waals surface area (Å²) in [5, 5.41) is 8.67. The number of carbonyl (C=O) groups excluding carboxylic acids is 2. The summed E-state index contributed by atoms with van der Waals surface area (Å²) in [6.45, 7) is 1.33. The zero-order valence-corrected chi connectivity index (χ0v) is 13.8. The summed E-state index contributed by atoms with van der Waals surface area (Å²) in [6.07, 6.45) is 1.01. The Morgan fingerprint density at radius 3 is 2.68 bits per heavy atom. The predicted octanol–water partition coefficient (Wildman–Crippen LogP) is 1.99. The van der Waals surface area contributed by atoms with Crippen LogP contribution in [0.1, 0.15) is 17.3 Å². The first-order valence-electron chi connectivity index (χ1n) is 6.38. The molecule has 1 rings (SSSR count). The van der Waals surface area contributed by atoms with Crippen molar-refractivity contribution in [2.75, 3.05) is 19.8 Å². The number of halogens is 3. The summed E-state index contributed by atoms with van der Waals surface area (Å²) in [7, 11) is 0. The van der Waals surface area contributed by atoms with Crippen molar-refractivity contribution >= 4 is 40.6 Å². The van der Waals surface area contributed by atoms with E-state index in [0.717, 1.165) is 12.3 Å². The van der Waals surface area contributed by atoms with Crippen molar-refractivity contribution < 1.29 is 28.2 Å². The van der Waals surface area contributed by atoms with Crippen LogP contribution in [0.15, 0.2) is 17.1 Å². The van der Waals surface area contributed by atoms with Crippen molar-refractivity contribution in [1.82, 2.24) is 0 Å². The molecule has 0 heterocycles. The first-order valence-corrected chi connectivity index (χ1v) is 7.46. The van der Waals surface area contributed by atoms with E-state index in [0.29, 0.717) is 6.07 Å². The highest BCUT2D eigenvalue weighted by Gasteiger charge is 2.30. The number of nitrogens with zero attached hydrogens (tertiary/aromatic N) is 1. The van der Waals surface area contributed by atoms with Gasteiger partial charge in [0.25, 0.3) is 0 Å². The average molecular weight is 425 g/mol. The Morgan fingerprint density at radius 1 is 1.41 bits per heavy atom. The van der Waals surface area contributed by atoms with Crippen LogP contribution in [0.5, 0.6) is 0 Å². The maximum absolute atomic E-state index is 13.8. The van der Waals surface area contributed by atoms with Gasteiger partial charge in [-0.05, 0) is 35.6 Å². The van der Waals surface area contributed by atoms with Gasteiger partial charge in [-0.3, -0.25) is 14.6 Å².